The normalized spacial score (nSPS) is 12.4. The molecule has 1 aromatic carbocycles. The monoisotopic (exact) mass is 350 g/mol. The number of hydrogen-bond donors (Lipinski definition) is 0. The van der Waals surface area contributed by atoms with Crippen LogP contribution in [0.25, 0.3) is 17.0 Å². The summed E-state index contributed by atoms with van der Waals surface area (Å²) in [6.45, 7) is 7.52. The van der Waals surface area contributed by atoms with Crippen molar-refractivity contribution in [3.05, 3.63) is 50.7 Å². The van der Waals surface area contributed by atoms with Crippen LogP contribution in [0.3, 0.4) is 0 Å². The molecule has 0 amide bonds. The van der Waals surface area contributed by atoms with E-state index in [4.69, 9.17) is 0 Å². The summed E-state index contributed by atoms with van der Waals surface area (Å²) in [4.78, 5) is 10.1. The van der Waals surface area contributed by atoms with Crippen molar-refractivity contribution in [2.75, 3.05) is 0 Å². The molecule has 0 atom stereocenters. The molecule has 0 aliphatic rings. The van der Waals surface area contributed by atoms with Crippen LogP contribution in [0, 0.1) is 15.5 Å². The number of benzene rings is 1. The van der Waals surface area contributed by atoms with Crippen LogP contribution in [0.4, 0.5) is 0 Å². The van der Waals surface area contributed by atoms with E-state index in [0.29, 0.717) is 0 Å². The van der Waals surface area contributed by atoms with Crippen LogP contribution in [0.2, 0.25) is 0 Å². The van der Waals surface area contributed by atoms with Crippen LogP contribution in [-0.2, 0) is 6.54 Å². The van der Waals surface area contributed by atoms with Crippen molar-refractivity contribution >= 4 is 32.9 Å². The highest BCUT2D eigenvalue weighted by Gasteiger charge is 2.13. The van der Waals surface area contributed by atoms with Crippen LogP contribution in [0.15, 0.2) is 35.1 Å². The summed E-state index contributed by atoms with van der Waals surface area (Å²) in [5.41, 5.74) is 2.22. The summed E-state index contributed by atoms with van der Waals surface area (Å²) in [5, 5.41) is 11.6. The van der Waals surface area contributed by atoms with Gasteiger partial charge < -0.3 is 4.57 Å². The Kier molecular flexibility index (Phi) is 4.52. The van der Waals surface area contributed by atoms with Gasteiger partial charge in [-0.25, -0.2) is 0 Å². The van der Waals surface area contributed by atoms with Gasteiger partial charge in [-0.1, -0.05) is 42.8 Å². The molecule has 0 spiro atoms. The quantitative estimate of drug-likeness (QED) is 0.569. The summed E-state index contributed by atoms with van der Waals surface area (Å²) in [6.07, 6.45) is 5.58. The van der Waals surface area contributed by atoms with E-state index < -0.39 is 4.92 Å². The number of aromatic nitrogens is 1. The van der Waals surface area contributed by atoms with E-state index in [2.05, 4.69) is 47.3 Å². The molecule has 0 unspecified atom stereocenters. The van der Waals surface area contributed by atoms with E-state index in [0.717, 1.165) is 40.1 Å². The molecule has 2 rings (SSSR count). The second kappa shape index (κ2) is 6.02. The molecule has 0 saturated carbocycles. The molecule has 112 valence electrons. The summed E-state index contributed by atoms with van der Waals surface area (Å²) in [6, 6.07) is 6.01. The fourth-order valence-corrected chi connectivity index (χ4v) is 2.56. The van der Waals surface area contributed by atoms with Crippen LogP contribution in [0.1, 0.15) is 32.8 Å². The Morgan fingerprint density at radius 1 is 1.38 bits per heavy atom. The molecule has 0 radical (unpaired) electrons. The van der Waals surface area contributed by atoms with E-state index >= 15 is 0 Å². The molecule has 5 heteroatoms. The van der Waals surface area contributed by atoms with Crippen LogP contribution in [0.5, 0.6) is 0 Å². The Morgan fingerprint density at radius 3 is 2.71 bits per heavy atom. The Hall–Kier alpha value is -1.62. The second-order valence-corrected chi connectivity index (χ2v) is 7.27. The zero-order valence-electron chi connectivity index (χ0n) is 12.5. The zero-order chi connectivity index (χ0) is 15.6. The number of aryl methyl sites for hydroxylation is 1. The van der Waals surface area contributed by atoms with Gasteiger partial charge in [0.05, 0.1) is 4.92 Å². The first kappa shape index (κ1) is 15.8. The number of nitro groups is 1. The topological polar surface area (TPSA) is 48.1 Å². The smallest absolute Gasteiger partial charge is 0.235 e. The third-order valence-electron chi connectivity index (χ3n) is 3.35. The van der Waals surface area contributed by atoms with E-state index in [9.17, 15) is 10.1 Å². The van der Waals surface area contributed by atoms with Gasteiger partial charge in [0.25, 0.3) is 0 Å². The molecule has 1 aromatic heterocycles. The maximum absolute atomic E-state index is 10.5. The van der Waals surface area contributed by atoms with Gasteiger partial charge in [-0.05, 0) is 24.0 Å². The average Bonchev–Trinajstić information content (AvgIpc) is 2.70. The average molecular weight is 351 g/mol. The predicted molar refractivity (Wildman–Crippen MR) is 89.7 cm³/mol. The highest BCUT2D eigenvalue weighted by molar-refractivity contribution is 9.10. The number of nitrogens with zero attached hydrogens (tertiary/aromatic N) is 2. The van der Waals surface area contributed by atoms with Crippen molar-refractivity contribution in [3.8, 4) is 0 Å². The lowest BCUT2D eigenvalue weighted by molar-refractivity contribution is -0.400. The maximum atomic E-state index is 10.5. The molecule has 2 aromatic rings. The second-order valence-electron chi connectivity index (χ2n) is 6.35. The van der Waals surface area contributed by atoms with Gasteiger partial charge in [0.2, 0.25) is 6.20 Å². The van der Waals surface area contributed by atoms with Gasteiger partial charge in [-0.2, -0.15) is 0 Å². The van der Waals surface area contributed by atoms with Crippen molar-refractivity contribution in [3.63, 3.8) is 0 Å². The standard InChI is InChI=1S/C16H19BrN2O2/c1-16(2,3)7-9-18-11-12(6-8-19(20)21)14-5-4-13(17)10-15(14)18/h4-6,8,10-11H,7,9H2,1-3H3/b8-6+. The first-order chi connectivity index (χ1) is 9.76. The van der Waals surface area contributed by atoms with Crippen LogP contribution < -0.4 is 0 Å². The van der Waals surface area contributed by atoms with Gasteiger partial charge >= 0.3 is 0 Å². The molecule has 21 heavy (non-hydrogen) atoms. The number of halogens is 1. The first-order valence-corrected chi connectivity index (χ1v) is 7.66. The minimum absolute atomic E-state index is 0.249. The predicted octanol–water partition coefficient (Wildman–Crippen LogP) is 5.09. The highest BCUT2D eigenvalue weighted by atomic mass is 79.9. The van der Waals surface area contributed by atoms with Crippen molar-refractivity contribution in [1.29, 1.82) is 0 Å². The molecular formula is C16H19BrN2O2. The van der Waals surface area contributed by atoms with Crippen molar-refractivity contribution < 1.29 is 4.92 Å². The zero-order valence-corrected chi connectivity index (χ0v) is 14.1. The van der Waals surface area contributed by atoms with Crippen molar-refractivity contribution in [2.24, 2.45) is 5.41 Å². The minimum atomic E-state index is -0.433. The summed E-state index contributed by atoms with van der Waals surface area (Å²) in [7, 11) is 0. The molecular weight excluding hydrogens is 332 g/mol. The summed E-state index contributed by atoms with van der Waals surface area (Å²) < 4.78 is 3.18. The lowest BCUT2D eigenvalue weighted by Gasteiger charge is -2.18. The number of fused-ring (bicyclic) bond motifs is 1. The molecule has 4 nitrogen and oxygen atoms in total. The highest BCUT2D eigenvalue weighted by Crippen LogP contribution is 2.28. The van der Waals surface area contributed by atoms with E-state index in [1.54, 1.807) is 6.08 Å². The molecule has 0 aliphatic heterocycles. The molecule has 0 aliphatic carbocycles. The van der Waals surface area contributed by atoms with Gasteiger partial charge in [0, 0.05) is 39.8 Å². The molecule has 0 N–H and O–H groups in total. The minimum Gasteiger partial charge on any atom is -0.347 e. The Balaban J connectivity index is 2.44. The van der Waals surface area contributed by atoms with Crippen LogP contribution >= 0.6 is 15.9 Å². The Bertz CT molecular complexity index is 696. The first-order valence-electron chi connectivity index (χ1n) is 6.86. The van der Waals surface area contributed by atoms with E-state index in [1.165, 1.54) is 0 Å². The molecule has 1 heterocycles. The lowest BCUT2D eigenvalue weighted by Crippen LogP contribution is -2.09. The lowest BCUT2D eigenvalue weighted by atomic mass is 9.92. The van der Waals surface area contributed by atoms with Crippen molar-refractivity contribution in [1.82, 2.24) is 4.57 Å². The fourth-order valence-electron chi connectivity index (χ4n) is 2.21. The number of hydrogen-bond acceptors (Lipinski definition) is 2. The molecule has 0 fully saturated rings. The van der Waals surface area contributed by atoms with Gasteiger partial charge in [-0.15, -0.1) is 0 Å². The van der Waals surface area contributed by atoms with Gasteiger partial charge in [0.15, 0.2) is 0 Å². The van der Waals surface area contributed by atoms with Crippen molar-refractivity contribution in [2.45, 2.75) is 33.7 Å². The van der Waals surface area contributed by atoms with E-state index in [1.807, 2.05) is 18.3 Å². The molecule has 0 bridgehead atoms. The van der Waals surface area contributed by atoms with Gasteiger partial charge in [0.1, 0.15) is 0 Å². The Morgan fingerprint density at radius 2 is 2.10 bits per heavy atom. The maximum Gasteiger partial charge on any atom is 0.235 e. The van der Waals surface area contributed by atoms with Crippen LogP contribution in [-0.4, -0.2) is 9.49 Å². The fraction of sp³-hybridized carbons (Fsp3) is 0.375. The Labute approximate surface area is 132 Å². The van der Waals surface area contributed by atoms with Gasteiger partial charge in [-0.3, -0.25) is 10.1 Å². The van der Waals surface area contributed by atoms with E-state index in [-0.39, 0.29) is 5.41 Å². The molecule has 0 saturated heterocycles. The summed E-state index contributed by atoms with van der Waals surface area (Å²) in [5.74, 6) is 0. The SMILES string of the molecule is CC(C)(C)CCn1cc(/C=C/[N+](=O)[O-])c2ccc(Br)cc21. The third-order valence-corrected chi connectivity index (χ3v) is 3.85. The number of rotatable bonds is 4. The largest absolute Gasteiger partial charge is 0.347 e. The summed E-state index contributed by atoms with van der Waals surface area (Å²) >= 11 is 3.49. The third kappa shape index (κ3) is 4.17.